The minimum atomic E-state index is -1.19. The number of para-hydroxylation sites is 1. The van der Waals surface area contributed by atoms with Crippen molar-refractivity contribution < 1.29 is 23.5 Å². The van der Waals surface area contributed by atoms with Crippen molar-refractivity contribution in [2.45, 2.75) is 51.0 Å². The average molecular weight is 621 g/mol. The maximum Gasteiger partial charge on any atom is 0.410 e. The first-order chi connectivity index (χ1) is 21.1. The Bertz CT molecular complexity index is 1670. The Labute approximate surface area is 259 Å². The molecule has 4 heterocycles. The molecule has 6 rings (SSSR count). The highest BCUT2D eigenvalue weighted by Gasteiger charge is 2.41. The van der Waals surface area contributed by atoms with Crippen LogP contribution in [0.2, 0.25) is 5.02 Å². The number of carbonyl (C=O) groups excluding carboxylic acids is 2. The van der Waals surface area contributed by atoms with Gasteiger partial charge in [0.05, 0.1) is 22.0 Å². The van der Waals surface area contributed by atoms with Crippen LogP contribution >= 0.6 is 11.6 Å². The van der Waals surface area contributed by atoms with E-state index in [-0.39, 0.29) is 29.5 Å². The summed E-state index contributed by atoms with van der Waals surface area (Å²) in [6.07, 6.45) is 1.94. The van der Waals surface area contributed by atoms with Crippen molar-refractivity contribution in [2.24, 2.45) is 0 Å². The quantitative estimate of drug-likeness (QED) is 0.239. The summed E-state index contributed by atoms with van der Waals surface area (Å²) in [5.74, 6) is 1.21. The van der Waals surface area contributed by atoms with E-state index >= 15 is 4.39 Å². The van der Waals surface area contributed by atoms with Gasteiger partial charge < -0.3 is 24.7 Å². The Kier molecular flexibility index (Phi) is 8.17. The highest BCUT2D eigenvalue weighted by molar-refractivity contribution is 6.35. The molecular formula is C32H34ClFN6O4. The van der Waals surface area contributed by atoms with Crippen LogP contribution in [0.25, 0.3) is 11.0 Å². The van der Waals surface area contributed by atoms with E-state index in [2.05, 4.69) is 25.2 Å². The number of nitrogens with one attached hydrogen (secondary N) is 2. The molecule has 2 aromatic heterocycles. The fourth-order valence-corrected chi connectivity index (χ4v) is 5.78. The van der Waals surface area contributed by atoms with Crippen LogP contribution in [0.3, 0.4) is 0 Å². The Morgan fingerprint density at radius 2 is 1.82 bits per heavy atom. The summed E-state index contributed by atoms with van der Waals surface area (Å²) in [6.45, 7) is 7.42. The Balaban J connectivity index is 1.12. The number of hydrogen-bond acceptors (Lipinski definition) is 8. The molecule has 0 radical (unpaired) electrons. The number of amides is 1. The minimum Gasteiger partial charge on any atom is -0.457 e. The van der Waals surface area contributed by atoms with Crippen LogP contribution in [0.5, 0.6) is 11.5 Å². The van der Waals surface area contributed by atoms with Crippen molar-refractivity contribution in [2.75, 3.05) is 31.5 Å². The van der Waals surface area contributed by atoms with Crippen LogP contribution in [-0.4, -0.2) is 86.7 Å². The van der Waals surface area contributed by atoms with Gasteiger partial charge in [-0.05, 0) is 51.5 Å². The van der Waals surface area contributed by atoms with Gasteiger partial charge in [0.1, 0.15) is 41.1 Å². The first kappa shape index (κ1) is 29.8. The van der Waals surface area contributed by atoms with Gasteiger partial charge in [0.2, 0.25) is 0 Å². The van der Waals surface area contributed by atoms with E-state index in [1.807, 2.05) is 51.1 Å². The van der Waals surface area contributed by atoms with E-state index in [9.17, 15) is 9.59 Å². The van der Waals surface area contributed by atoms with E-state index in [0.29, 0.717) is 65.5 Å². The van der Waals surface area contributed by atoms with Crippen LogP contribution in [0.4, 0.5) is 15.0 Å². The zero-order chi connectivity index (χ0) is 31.0. The highest BCUT2D eigenvalue weighted by Crippen LogP contribution is 2.32. The zero-order valence-electron chi connectivity index (χ0n) is 24.7. The van der Waals surface area contributed by atoms with E-state index in [4.69, 9.17) is 21.1 Å². The second-order valence-corrected chi connectivity index (χ2v) is 12.5. The second kappa shape index (κ2) is 12.0. The van der Waals surface area contributed by atoms with Crippen molar-refractivity contribution in [1.29, 1.82) is 0 Å². The van der Waals surface area contributed by atoms with Gasteiger partial charge in [-0.3, -0.25) is 9.69 Å². The van der Waals surface area contributed by atoms with Gasteiger partial charge >= 0.3 is 6.09 Å². The maximum absolute atomic E-state index is 15.5. The molecule has 2 aliphatic heterocycles. The van der Waals surface area contributed by atoms with Gasteiger partial charge in [-0.1, -0.05) is 29.8 Å². The van der Waals surface area contributed by atoms with E-state index < -0.39 is 17.8 Å². The number of rotatable bonds is 7. The zero-order valence-corrected chi connectivity index (χ0v) is 25.5. The number of carbonyl (C=O) groups is 2. The molecule has 0 bridgehead atoms. The van der Waals surface area contributed by atoms with Crippen molar-refractivity contribution >= 4 is 40.3 Å². The van der Waals surface area contributed by atoms with E-state index in [1.165, 1.54) is 6.33 Å². The number of likely N-dealkylation sites (tertiary alicyclic amines) is 2. The highest BCUT2D eigenvalue weighted by atomic mass is 35.5. The SMILES string of the molecule is CC(C)(C)OC(=O)N1CC(N2CC[C@@H](Nc3ncnc4[nH]cc(C(=O)c5ccc(Oc6ccccc6)cc5Cl)c34)[C@H](F)C2)C1. The van der Waals surface area contributed by atoms with Gasteiger partial charge in [-0.2, -0.15) is 0 Å². The number of aromatic nitrogens is 3. The molecule has 1 amide bonds. The topological polar surface area (TPSA) is 113 Å². The third kappa shape index (κ3) is 6.34. The summed E-state index contributed by atoms with van der Waals surface area (Å²) < 4.78 is 26.8. The lowest BCUT2D eigenvalue weighted by Gasteiger charge is -2.48. The third-order valence-electron chi connectivity index (χ3n) is 7.80. The summed E-state index contributed by atoms with van der Waals surface area (Å²) in [7, 11) is 0. The van der Waals surface area contributed by atoms with Gasteiger partial charge in [0, 0.05) is 50.0 Å². The third-order valence-corrected chi connectivity index (χ3v) is 8.12. The van der Waals surface area contributed by atoms with Gasteiger partial charge in [-0.15, -0.1) is 0 Å². The van der Waals surface area contributed by atoms with Crippen molar-refractivity contribution in [3.05, 3.63) is 77.2 Å². The first-order valence-electron chi connectivity index (χ1n) is 14.6. The molecular weight excluding hydrogens is 587 g/mol. The molecule has 0 unspecified atom stereocenters. The number of fused-ring (bicyclic) bond motifs is 1. The second-order valence-electron chi connectivity index (χ2n) is 12.1. The van der Waals surface area contributed by atoms with Gasteiger partial charge in [-0.25, -0.2) is 19.2 Å². The Morgan fingerprint density at radius 1 is 1.05 bits per heavy atom. The summed E-state index contributed by atoms with van der Waals surface area (Å²) in [5.41, 5.74) is 0.517. The predicted molar refractivity (Wildman–Crippen MR) is 165 cm³/mol. The van der Waals surface area contributed by atoms with E-state index in [1.54, 1.807) is 29.3 Å². The molecule has 2 fully saturated rings. The number of nitrogens with zero attached hydrogens (tertiary/aromatic N) is 4. The average Bonchev–Trinajstić information content (AvgIpc) is 3.38. The summed E-state index contributed by atoms with van der Waals surface area (Å²) in [6, 6.07) is 13.8. The molecule has 10 nitrogen and oxygen atoms in total. The first-order valence-corrected chi connectivity index (χ1v) is 15.0. The number of ether oxygens (including phenoxy) is 2. The largest absolute Gasteiger partial charge is 0.457 e. The van der Waals surface area contributed by atoms with Crippen molar-refractivity contribution in [3.8, 4) is 11.5 Å². The van der Waals surface area contributed by atoms with Crippen LogP contribution in [0, 0.1) is 0 Å². The van der Waals surface area contributed by atoms with Crippen molar-refractivity contribution in [1.82, 2.24) is 24.8 Å². The Morgan fingerprint density at radius 3 is 2.52 bits per heavy atom. The fraction of sp³-hybridized carbons (Fsp3) is 0.375. The summed E-state index contributed by atoms with van der Waals surface area (Å²) in [4.78, 5) is 41.4. The monoisotopic (exact) mass is 620 g/mol. The lowest BCUT2D eigenvalue weighted by molar-refractivity contribution is -0.0266. The molecule has 0 spiro atoms. The van der Waals surface area contributed by atoms with Crippen LogP contribution in [0.1, 0.15) is 43.1 Å². The maximum atomic E-state index is 15.5. The molecule has 2 aromatic carbocycles. The minimum absolute atomic E-state index is 0.0932. The molecule has 2 saturated heterocycles. The van der Waals surface area contributed by atoms with Gasteiger partial charge in [0.15, 0.2) is 5.78 Å². The Hall–Kier alpha value is -4.22. The number of alkyl halides is 1. The van der Waals surface area contributed by atoms with Crippen LogP contribution in [0.15, 0.2) is 61.1 Å². The number of anilines is 1. The number of aromatic amines is 1. The molecule has 2 N–H and O–H groups in total. The number of ketones is 1. The number of piperidine rings is 1. The summed E-state index contributed by atoms with van der Waals surface area (Å²) in [5, 5.41) is 3.95. The summed E-state index contributed by atoms with van der Waals surface area (Å²) >= 11 is 6.54. The smallest absolute Gasteiger partial charge is 0.410 e. The number of hydrogen-bond donors (Lipinski definition) is 2. The molecule has 230 valence electrons. The standard InChI is InChI=1S/C32H34ClFN6O4/c1-32(2,3)44-31(42)40-15-19(16-40)39-12-11-26(25(34)17-39)38-30-27-23(14-35-29(27)36-18-37-30)28(41)22-10-9-21(13-24(22)33)43-20-7-5-4-6-8-20/h4-10,13-14,18-19,25-26H,11-12,15-17H2,1-3H3,(H2,35,36,37,38)/t25-,26-/m1/s1. The normalized spacial score (nSPS) is 19.4. The van der Waals surface area contributed by atoms with E-state index in [0.717, 1.165) is 0 Å². The lowest BCUT2D eigenvalue weighted by Crippen LogP contribution is -2.64. The molecule has 44 heavy (non-hydrogen) atoms. The lowest BCUT2D eigenvalue weighted by atomic mass is 9.98. The molecule has 2 aliphatic rings. The number of halogens is 2. The predicted octanol–water partition coefficient (Wildman–Crippen LogP) is 6.08. The molecule has 0 aliphatic carbocycles. The van der Waals surface area contributed by atoms with Crippen LogP contribution in [-0.2, 0) is 4.74 Å². The fourth-order valence-electron chi connectivity index (χ4n) is 5.52. The number of H-pyrrole nitrogens is 1. The molecule has 2 atom stereocenters. The molecule has 0 saturated carbocycles. The molecule has 4 aromatic rings. The van der Waals surface area contributed by atoms with Gasteiger partial charge in [0.25, 0.3) is 0 Å². The molecule has 12 heteroatoms. The van der Waals surface area contributed by atoms with Crippen LogP contribution < -0.4 is 10.1 Å². The number of benzene rings is 2. The van der Waals surface area contributed by atoms with Crippen molar-refractivity contribution in [3.63, 3.8) is 0 Å².